The summed E-state index contributed by atoms with van der Waals surface area (Å²) in [6, 6.07) is 0. The standard InChI is InChI=1S/C12H25NO2/c1-4-5-6-7-8-11(14)10(2)9-12(15)13-3/h10-11,14H,4-9H2,1-3H3,(H,13,15)/t10-,11-/m0/s1. The van der Waals surface area contributed by atoms with Crippen molar-refractivity contribution in [2.75, 3.05) is 7.05 Å². The highest BCUT2D eigenvalue weighted by Gasteiger charge is 2.16. The zero-order chi connectivity index (χ0) is 11.7. The summed E-state index contributed by atoms with van der Waals surface area (Å²) in [7, 11) is 1.63. The fraction of sp³-hybridized carbons (Fsp3) is 0.917. The van der Waals surface area contributed by atoms with Crippen LogP contribution in [-0.2, 0) is 4.79 Å². The lowest BCUT2D eigenvalue weighted by atomic mass is 9.95. The van der Waals surface area contributed by atoms with Crippen molar-refractivity contribution in [3.63, 3.8) is 0 Å². The predicted octanol–water partition coefficient (Wildman–Crippen LogP) is 2.09. The zero-order valence-electron chi connectivity index (χ0n) is 10.3. The molecule has 0 aliphatic rings. The molecule has 0 unspecified atom stereocenters. The topological polar surface area (TPSA) is 49.3 Å². The lowest BCUT2D eigenvalue weighted by molar-refractivity contribution is -0.122. The van der Waals surface area contributed by atoms with E-state index in [1.54, 1.807) is 7.05 Å². The summed E-state index contributed by atoms with van der Waals surface area (Å²) in [6.45, 7) is 4.10. The van der Waals surface area contributed by atoms with E-state index in [1.807, 2.05) is 6.92 Å². The summed E-state index contributed by atoms with van der Waals surface area (Å²) in [6.07, 6.45) is 5.59. The Morgan fingerprint density at radius 3 is 2.53 bits per heavy atom. The highest BCUT2D eigenvalue weighted by molar-refractivity contribution is 5.75. The van der Waals surface area contributed by atoms with Crippen LogP contribution in [0.25, 0.3) is 0 Å². The first kappa shape index (κ1) is 14.4. The van der Waals surface area contributed by atoms with Gasteiger partial charge in [0.05, 0.1) is 6.10 Å². The molecule has 15 heavy (non-hydrogen) atoms. The van der Waals surface area contributed by atoms with Crippen LogP contribution >= 0.6 is 0 Å². The normalized spacial score (nSPS) is 14.7. The molecule has 1 amide bonds. The molecule has 0 rings (SSSR count). The summed E-state index contributed by atoms with van der Waals surface area (Å²) in [5.41, 5.74) is 0. The summed E-state index contributed by atoms with van der Waals surface area (Å²) >= 11 is 0. The van der Waals surface area contributed by atoms with E-state index in [-0.39, 0.29) is 17.9 Å². The molecule has 0 saturated heterocycles. The Morgan fingerprint density at radius 1 is 1.33 bits per heavy atom. The fourth-order valence-corrected chi connectivity index (χ4v) is 1.60. The Balaban J connectivity index is 3.59. The molecule has 0 fully saturated rings. The predicted molar refractivity (Wildman–Crippen MR) is 62.6 cm³/mol. The molecule has 0 spiro atoms. The number of hydrogen-bond donors (Lipinski definition) is 2. The van der Waals surface area contributed by atoms with Crippen LogP contribution in [0.4, 0.5) is 0 Å². The molecule has 0 aromatic rings. The minimum absolute atomic E-state index is 0.00936. The number of aliphatic hydroxyl groups excluding tert-OH is 1. The van der Waals surface area contributed by atoms with Crippen LogP contribution in [-0.4, -0.2) is 24.2 Å². The first-order chi connectivity index (χ1) is 7.11. The molecule has 0 bridgehead atoms. The maximum atomic E-state index is 11.1. The molecule has 0 aliphatic heterocycles. The van der Waals surface area contributed by atoms with E-state index >= 15 is 0 Å². The van der Waals surface area contributed by atoms with Gasteiger partial charge in [-0.2, -0.15) is 0 Å². The summed E-state index contributed by atoms with van der Waals surface area (Å²) < 4.78 is 0. The van der Waals surface area contributed by atoms with Crippen molar-refractivity contribution in [2.45, 2.75) is 58.5 Å². The number of carbonyl (C=O) groups is 1. The van der Waals surface area contributed by atoms with Gasteiger partial charge in [0.1, 0.15) is 0 Å². The second-order valence-electron chi connectivity index (χ2n) is 4.27. The van der Waals surface area contributed by atoms with Crippen LogP contribution in [0.1, 0.15) is 52.4 Å². The van der Waals surface area contributed by atoms with Crippen LogP contribution in [0, 0.1) is 5.92 Å². The van der Waals surface area contributed by atoms with Gasteiger partial charge in [-0.15, -0.1) is 0 Å². The molecule has 3 nitrogen and oxygen atoms in total. The van der Waals surface area contributed by atoms with Crippen molar-refractivity contribution in [2.24, 2.45) is 5.92 Å². The van der Waals surface area contributed by atoms with Gasteiger partial charge in [0.2, 0.25) is 5.91 Å². The third kappa shape index (κ3) is 7.37. The van der Waals surface area contributed by atoms with E-state index in [2.05, 4.69) is 12.2 Å². The maximum absolute atomic E-state index is 11.1. The molecule has 0 heterocycles. The monoisotopic (exact) mass is 215 g/mol. The number of carbonyl (C=O) groups excluding carboxylic acids is 1. The quantitative estimate of drug-likeness (QED) is 0.609. The number of rotatable bonds is 8. The van der Waals surface area contributed by atoms with Crippen LogP contribution < -0.4 is 5.32 Å². The molecule has 0 aromatic carbocycles. The van der Waals surface area contributed by atoms with Crippen LogP contribution in [0.15, 0.2) is 0 Å². The Bertz CT molecular complexity index is 171. The van der Waals surface area contributed by atoms with Gasteiger partial charge in [-0.25, -0.2) is 0 Å². The van der Waals surface area contributed by atoms with Crippen molar-refractivity contribution in [1.82, 2.24) is 5.32 Å². The van der Waals surface area contributed by atoms with Crippen molar-refractivity contribution in [3.8, 4) is 0 Å². The number of hydrogen-bond acceptors (Lipinski definition) is 2. The molecule has 0 radical (unpaired) electrons. The van der Waals surface area contributed by atoms with Crippen molar-refractivity contribution in [3.05, 3.63) is 0 Å². The molecule has 0 aromatic heterocycles. The lowest BCUT2D eigenvalue weighted by Gasteiger charge is -2.17. The molecule has 3 heteroatoms. The van der Waals surface area contributed by atoms with Gasteiger partial charge in [-0.05, 0) is 12.3 Å². The largest absolute Gasteiger partial charge is 0.393 e. The second-order valence-corrected chi connectivity index (χ2v) is 4.27. The van der Waals surface area contributed by atoms with E-state index < -0.39 is 0 Å². The highest BCUT2D eigenvalue weighted by atomic mass is 16.3. The van der Waals surface area contributed by atoms with Gasteiger partial charge in [0, 0.05) is 13.5 Å². The maximum Gasteiger partial charge on any atom is 0.220 e. The zero-order valence-corrected chi connectivity index (χ0v) is 10.3. The highest BCUT2D eigenvalue weighted by Crippen LogP contribution is 2.15. The molecule has 2 N–H and O–H groups in total. The fourth-order valence-electron chi connectivity index (χ4n) is 1.60. The van der Waals surface area contributed by atoms with Gasteiger partial charge >= 0.3 is 0 Å². The summed E-state index contributed by atoms with van der Waals surface area (Å²) in [5.74, 6) is 0.0710. The molecule has 90 valence electrons. The van der Waals surface area contributed by atoms with E-state index in [0.29, 0.717) is 6.42 Å². The first-order valence-electron chi connectivity index (χ1n) is 6.00. The van der Waals surface area contributed by atoms with Gasteiger partial charge in [-0.3, -0.25) is 4.79 Å². The Morgan fingerprint density at radius 2 is 2.00 bits per heavy atom. The lowest BCUT2D eigenvalue weighted by Crippen LogP contribution is -2.26. The molecular formula is C12H25NO2. The smallest absolute Gasteiger partial charge is 0.220 e. The van der Waals surface area contributed by atoms with Crippen molar-refractivity contribution < 1.29 is 9.90 Å². The van der Waals surface area contributed by atoms with Gasteiger partial charge < -0.3 is 10.4 Å². The van der Waals surface area contributed by atoms with E-state index in [9.17, 15) is 9.90 Å². The van der Waals surface area contributed by atoms with E-state index in [0.717, 1.165) is 12.8 Å². The number of amides is 1. The van der Waals surface area contributed by atoms with Gasteiger partial charge in [-0.1, -0.05) is 39.5 Å². The molecule has 0 aliphatic carbocycles. The second kappa shape index (κ2) is 8.72. The number of nitrogens with one attached hydrogen (secondary N) is 1. The number of unbranched alkanes of at least 4 members (excludes halogenated alkanes) is 3. The summed E-state index contributed by atoms with van der Waals surface area (Å²) in [4.78, 5) is 11.1. The van der Waals surface area contributed by atoms with Crippen molar-refractivity contribution in [1.29, 1.82) is 0 Å². The first-order valence-corrected chi connectivity index (χ1v) is 6.00. The molecule has 0 saturated carbocycles. The van der Waals surface area contributed by atoms with E-state index in [4.69, 9.17) is 0 Å². The van der Waals surface area contributed by atoms with Crippen LogP contribution in [0.2, 0.25) is 0 Å². The third-order valence-corrected chi connectivity index (χ3v) is 2.80. The number of aliphatic hydroxyl groups is 1. The van der Waals surface area contributed by atoms with Crippen LogP contribution in [0.5, 0.6) is 0 Å². The summed E-state index contributed by atoms with van der Waals surface area (Å²) in [5, 5.41) is 12.4. The SMILES string of the molecule is CCCCCC[C@H](O)[C@@H](C)CC(=O)NC. The molecular weight excluding hydrogens is 190 g/mol. The molecule has 2 atom stereocenters. The average Bonchev–Trinajstić information content (AvgIpc) is 2.23. The third-order valence-electron chi connectivity index (χ3n) is 2.80. The Hall–Kier alpha value is -0.570. The van der Waals surface area contributed by atoms with Crippen molar-refractivity contribution >= 4 is 5.91 Å². The average molecular weight is 215 g/mol. The van der Waals surface area contributed by atoms with Gasteiger partial charge in [0.15, 0.2) is 0 Å². The van der Waals surface area contributed by atoms with Crippen LogP contribution in [0.3, 0.4) is 0 Å². The minimum Gasteiger partial charge on any atom is -0.393 e. The Kier molecular flexibility index (Phi) is 8.38. The minimum atomic E-state index is -0.334. The van der Waals surface area contributed by atoms with E-state index in [1.165, 1.54) is 19.3 Å². The Labute approximate surface area is 93.3 Å². The van der Waals surface area contributed by atoms with Gasteiger partial charge in [0.25, 0.3) is 0 Å².